The molecular formula is C23H28N2O4. The largest absolute Gasteiger partial charge is 0.444 e. The number of carbonyl (C=O) groups excluding carboxylic acids is 2. The van der Waals surface area contributed by atoms with Gasteiger partial charge in [0.1, 0.15) is 11.6 Å². The molecule has 2 aromatic carbocycles. The van der Waals surface area contributed by atoms with Gasteiger partial charge in [0.05, 0.1) is 18.7 Å². The molecule has 154 valence electrons. The van der Waals surface area contributed by atoms with Crippen molar-refractivity contribution >= 4 is 12.0 Å². The number of benzene rings is 2. The molecule has 2 N–H and O–H groups in total. The Balaban J connectivity index is 1.82. The number of ether oxygens (including phenoxy) is 1. The molecule has 1 heterocycles. The SMILES string of the molecule is CC(C)(C)OC(=O)N1CC(O)CC1C(=O)NC(c1ccccc1)c1ccccc1. The third-order valence-corrected chi connectivity index (χ3v) is 4.76. The van der Waals surface area contributed by atoms with Crippen molar-refractivity contribution in [3.05, 3.63) is 71.8 Å². The highest BCUT2D eigenvalue weighted by molar-refractivity contribution is 5.87. The predicted molar refractivity (Wildman–Crippen MR) is 110 cm³/mol. The zero-order chi connectivity index (χ0) is 21.0. The van der Waals surface area contributed by atoms with E-state index in [1.165, 1.54) is 4.90 Å². The Hall–Kier alpha value is -2.86. The topological polar surface area (TPSA) is 78.9 Å². The number of carbonyl (C=O) groups is 2. The summed E-state index contributed by atoms with van der Waals surface area (Å²) in [6.45, 7) is 5.39. The standard InChI is InChI=1S/C23H28N2O4/c1-23(2,3)29-22(28)25-15-18(26)14-19(25)21(27)24-20(16-10-6-4-7-11-16)17-12-8-5-9-13-17/h4-13,18-20,26H,14-15H2,1-3H3,(H,24,27). The fraction of sp³-hybridized carbons (Fsp3) is 0.391. The number of rotatable bonds is 4. The average molecular weight is 396 g/mol. The number of nitrogens with one attached hydrogen (secondary N) is 1. The molecule has 2 aromatic rings. The Morgan fingerprint density at radius 1 is 1.03 bits per heavy atom. The quantitative estimate of drug-likeness (QED) is 0.831. The van der Waals surface area contributed by atoms with Crippen LogP contribution in [0.15, 0.2) is 60.7 Å². The second-order valence-electron chi connectivity index (χ2n) is 8.30. The van der Waals surface area contributed by atoms with E-state index in [1.54, 1.807) is 20.8 Å². The number of hydrogen-bond acceptors (Lipinski definition) is 4. The van der Waals surface area contributed by atoms with Gasteiger partial charge in [-0.15, -0.1) is 0 Å². The van der Waals surface area contributed by atoms with Crippen LogP contribution in [0.3, 0.4) is 0 Å². The first-order chi connectivity index (χ1) is 13.7. The molecule has 29 heavy (non-hydrogen) atoms. The van der Waals surface area contributed by atoms with Gasteiger partial charge in [-0.3, -0.25) is 9.69 Å². The molecule has 6 nitrogen and oxygen atoms in total. The zero-order valence-electron chi connectivity index (χ0n) is 17.0. The van der Waals surface area contributed by atoms with Crippen molar-refractivity contribution in [3.63, 3.8) is 0 Å². The van der Waals surface area contributed by atoms with Crippen LogP contribution in [0.5, 0.6) is 0 Å². The summed E-state index contributed by atoms with van der Waals surface area (Å²) >= 11 is 0. The Morgan fingerprint density at radius 3 is 2.03 bits per heavy atom. The summed E-state index contributed by atoms with van der Waals surface area (Å²) in [5, 5.41) is 13.2. The third kappa shape index (κ3) is 5.35. The third-order valence-electron chi connectivity index (χ3n) is 4.76. The molecule has 6 heteroatoms. The molecule has 0 spiro atoms. The smallest absolute Gasteiger partial charge is 0.411 e. The molecular weight excluding hydrogens is 368 g/mol. The molecule has 0 bridgehead atoms. The maximum absolute atomic E-state index is 13.2. The molecule has 1 aliphatic rings. The van der Waals surface area contributed by atoms with Crippen LogP contribution < -0.4 is 5.32 Å². The van der Waals surface area contributed by atoms with Crippen LogP contribution in [0.2, 0.25) is 0 Å². The molecule has 1 aliphatic heterocycles. The van der Waals surface area contributed by atoms with Crippen molar-refractivity contribution in [2.75, 3.05) is 6.54 Å². The van der Waals surface area contributed by atoms with Crippen molar-refractivity contribution in [1.29, 1.82) is 0 Å². The summed E-state index contributed by atoms with van der Waals surface area (Å²) in [6.07, 6.45) is -1.17. The lowest BCUT2D eigenvalue weighted by Gasteiger charge is -2.29. The second kappa shape index (κ2) is 8.66. The highest BCUT2D eigenvalue weighted by Crippen LogP contribution is 2.25. The van der Waals surface area contributed by atoms with Crippen LogP contribution in [0.4, 0.5) is 4.79 Å². The monoisotopic (exact) mass is 396 g/mol. The summed E-state index contributed by atoms with van der Waals surface area (Å²) in [7, 11) is 0. The summed E-state index contributed by atoms with van der Waals surface area (Å²) in [6, 6.07) is 18.2. The lowest BCUT2D eigenvalue weighted by atomic mass is 9.98. The van der Waals surface area contributed by atoms with Gasteiger partial charge in [-0.2, -0.15) is 0 Å². The minimum absolute atomic E-state index is 0.0777. The van der Waals surface area contributed by atoms with Crippen LogP contribution in [-0.4, -0.2) is 46.3 Å². The van der Waals surface area contributed by atoms with Gasteiger partial charge in [-0.1, -0.05) is 60.7 Å². The molecule has 0 aromatic heterocycles. The first-order valence-corrected chi connectivity index (χ1v) is 9.82. The number of likely N-dealkylation sites (tertiary alicyclic amines) is 1. The van der Waals surface area contributed by atoms with E-state index in [0.29, 0.717) is 0 Å². The van der Waals surface area contributed by atoms with Gasteiger partial charge in [0.2, 0.25) is 5.91 Å². The van der Waals surface area contributed by atoms with Crippen molar-refractivity contribution in [2.24, 2.45) is 0 Å². The van der Waals surface area contributed by atoms with Crippen LogP contribution in [-0.2, 0) is 9.53 Å². The second-order valence-corrected chi connectivity index (χ2v) is 8.30. The number of amides is 2. The molecule has 1 fully saturated rings. The first-order valence-electron chi connectivity index (χ1n) is 9.82. The average Bonchev–Trinajstić information content (AvgIpc) is 3.08. The first kappa shape index (κ1) is 20.9. The lowest BCUT2D eigenvalue weighted by molar-refractivity contribution is -0.126. The molecule has 2 unspecified atom stereocenters. The summed E-state index contributed by atoms with van der Waals surface area (Å²) < 4.78 is 5.42. The normalized spacial score (nSPS) is 19.3. The van der Waals surface area contributed by atoms with Gasteiger partial charge in [-0.05, 0) is 31.9 Å². The molecule has 3 rings (SSSR count). The van der Waals surface area contributed by atoms with Crippen LogP contribution in [0.1, 0.15) is 44.4 Å². The Labute approximate surface area is 171 Å². The van der Waals surface area contributed by atoms with E-state index < -0.39 is 23.8 Å². The lowest BCUT2D eigenvalue weighted by Crippen LogP contribution is -2.48. The Morgan fingerprint density at radius 2 is 1.55 bits per heavy atom. The van der Waals surface area contributed by atoms with Crippen molar-refractivity contribution < 1.29 is 19.4 Å². The van der Waals surface area contributed by atoms with E-state index >= 15 is 0 Å². The number of aliphatic hydroxyl groups is 1. The Kier molecular flexibility index (Phi) is 6.23. The van der Waals surface area contributed by atoms with E-state index in [2.05, 4.69) is 5.32 Å². The number of aliphatic hydroxyl groups excluding tert-OH is 1. The van der Waals surface area contributed by atoms with Crippen molar-refractivity contribution in [1.82, 2.24) is 10.2 Å². The maximum atomic E-state index is 13.2. The van der Waals surface area contributed by atoms with Crippen molar-refractivity contribution in [3.8, 4) is 0 Å². The number of nitrogens with zero attached hydrogens (tertiary/aromatic N) is 1. The molecule has 2 atom stereocenters. The van der Waals surface area contributed by atoms with Crippen LogP contribution in [0.25, 0.3) is 0 Å². The Bertz CT molecular complexity index is 793. The van der Waals surface area contributed by atoms with Gasteiger partial charge in [0.15, 0.2) is 0 Å². The number of hydrogen-bond donors (Lipinski definition) is 2. The predicted octanol–water partition coefficient (Wildman–Crippen LogP) is 3.26. The van der Waals surface area contributed by atoms with Crippen LogP contribution >= 0.6 is 0 Å². The summed E-state index contributed by atoms with van der Waals surface area (Å²) in [5.74, 6) is -0.315. The molecule has 1 saturated heterocycles. The fourth-order valence-corrected chi connectivity index (χ4v) is 3.47. The minimum atomic E-state index is -0.783. The van der Waals surface area contributed by atoms with E-state index in [4.69, 9.17) is 4.74 Å². The zero-order valence-corrected chi connectivity index (χ0v) is 17.0. The fourth-order valence-electron chi connectivity index (χ4n) is 3.47. The highest BCUT2D eigenvalue weighted by Gasteiger charge is 2.41. The van der Waals surface area contributed by atoms with E-state index in [1.807, 2.05) is 60.7 Å². The minimum Gasteiger partial charge on any atom is -0.444 e. The molecule has 2 amide bonds. The highest BCUT2D eigenvalue weighted by atomic mass is 16.6. The van der Waals surface area contributed by atoms with Crippen molar-refractivity contribution in [2.45, 2.75) is 51.0 Å². The van der Waals surface area contributed by atoms with Gasteiger partial charge in [0, 0.05) is 6.42 Å². The molecule has 0 saturated carbocycles. The number of β-amino-alcohol motifs (C(OH)–C–C–N with tert-alkyl or cyclic N) is 1. The molecule has 0 radical (unpaired) electrons. The van der Waals surface area contributed by atoms with Gasteiger partial charge in [0.25, 0.3) is 0 Å². The van der Waals surface area contributed by atoms with Crippen LogP contribution in [0, 0.1) is 0 Å². The van der Waals surface area contributed by atoms with E-state index in [9.17, 15) is 14.7 Å². The maximum Gasteiger partial charge on any atom is 0.411 e. The summed E-state index contributed by atoms with van der Waals surface area (Å²) in [4.78, 5) is 27.0. The molecule has 0 aliphatic carbocycles. The summed E-state index contributed by atoms with van der Waals surface area (Å²) in [5.41, 5.74) is 1.20. The van der Waals surface area contributed by atoms with Gasteiger partial charge < -0.3 is 15.2 Å². The van der Waals surface area contributed by atoms with Gasteiger partial charge in [-0.25, -0.2) is 4.79 Å². The van der Waals surface area contributed by atoms with Gasteiger partial charge >= 0.3 is 6.09 Å². The van der Waals surface area contributed by atoms with E-state index in [0.717, 1.165) is 11.1 Å². The van der Waals surface area contributed by atoms with E-state index in [-0.39, 0.29) is 24.9 Å².